The number of hydrogen-bond donors (Lipinski definition) is 1. The summed E-state index contributed by atoms with van der Waals surface area (Å²) in [6.45, 7) is 3.30. The van der Waals surface area contributed by atoms with Crippen LogP contribution in [0.15, 0.2) is 40.0 Å². The van der Waals surface area contributed by atoms with Gasteiger partial charge in [0.05, 0.1) is 11.0 Å². The highest BCUT2D eigenvalue weighted by molar-refractivity contribution is 7.89. The maximum absolute atomic E-state index is 12.9. The minimum absolute atomic E-state index is 0.0264. The van der Waals surface area contributed by atoms with Gasteiger partial charge in [-0.3, -0.25) is 4.79 Å². The zero-order valence-corrected chi connectivity index (χ0v) is 13.8. The van der Waals surface area contributed by atoms with Crippen LogP contribution in [0.3, 0.4) is 0 Å². The zero-order valence-electron chi connectivity index (χ0n) is 13.0. The molecule has 1 aliphatic heterocycles. The van der Waals surface area contributed by atoms with E-state index in [4.69, 9.17) is 4.74 Å². The number of hydrogen-bond acceptors (Lipinski definition) is 4. The van der Waals surface area contributed by atoms with E-state index >= 15 is 0 Å². The number of nitrogens with zero attached hydrogens (tertiary/aromatic N) is 1. The van der Waals surface area contributed by atoms with E-state index in [2.05, 4.69) is 4.98 Å². The lowest BCUT2D eigenvalue weighted by Gasteiger charge is -2.23. The summed E-state index contributed by atoms with van der Waals surface area (Å²) in [5.74, 6) is 0. The van der Waals surface area contributed by atoms with E-state index < -0.39 is 10.0 Å². The van der Waals surface area contributed by atoms with Gasteiger partial charge < -0.3 is 9.72 Å². The van der Waals surface area contributed by atoms with Crippen molar-refractivity contribution >= 4 is 20.9 Å². The second kappa shape index (κ2) is 6.43. The van der Waals surface area contributed by atoms with Crippen LogP contribution in [0, 0.1) is 0 Å². The van der Waals surface area contributed by atoms with Crippen LogP contribution in [0.4, 0.5) is 0 Å². The van der Waals surface area contributed by atoms with Crippen molar-refractivity contribution in [3.8, 4) is 0 Å². The van der Waals surface area contributed by atoms with Crippen LogP contribution < -0.4 is 5.56 Å². The molecule has 0 radical (unpaired) electrons. The maximum atomic E-state index is 12.9. The highest BCUT2D eigenvalue weighted by Crippen LogP contribution is 2.22. The number of ether oxygens (including phenoxy) is 1. The van der Waals surface area contributed by atoms with Crippen LogP contribution in [0.1, 0.15) is 19.8 Å². The fourth-order valence-corrected chi connectivity index (χ4v) is 4.37. The Bertz CT molecular complexity index is 854. The van der Waals surface area contributed by atoms with Crippen molar-refractivity contribution in [3.05, 3.63) is 40.7 Å². The fraction of sp³-hybridized carbons (Fsp3) is 0.438. The molecule has 0 saturated carbocycles. The van der Waals surface area contributed by atoms with Crippen molar-refractivity contribution in [3.63, 3.8) is 0 Å². The number of H-pyrrole nitrogens is 1. The number of benzene rings is 1. The van der Waals surface area contributed by atoms with E-state index in [-0.39, 0.29) is 16.6 Å². The van der Waals surface area contributed by atoms with E-state index in [0.29, 0.717) is 30.6 Å². The molecule has 1 fully saturated rings. The summed E-state index contributed by atoms with van der Waals surface area (Å²) < 4.78 is 32.7. The molecule has 2 heterocycles. The van der Waals surface area contributed by atoms with E-state index in [1.165, 1.54) is 16.4 Å². The van der Waals surface area contributed by atoms with Gasteiger partial charge in [-0.05, 0) is 42.5 Å². The molecule has 0 spiro atoms. The molecule has 124 valence electrons. The van der Waals surface area contributed by atoms with Crippen LogP contribution in [0.25, 0.3) is 10.9 Å². The molecule has 3 rings (SSSR count). The van der Waals surface area contributed by atoms with Crippen molar-refractivity contribution in [1.82, 2.24) is 9.29 Å². The van der Waals surface area contributed by atoms with Crippen LogP contribution in [0.5, 0.6) is 0 Å². The molecule has 0 unspecified atom stereocenters. The lowest BCUT2D eigenvalue weighted by Crippen LogP contribution is -2.37. The predicted octanol–water partition coefficient (Wildman–Crippen LogP) is 1.72. The molecule has 23 heavy (non-hydrogen) atoms. The van der Waals surface area contributed by atoms with Crippen molar-refractivity contribution in [2.45, 2.75) is 30.8 Å². The average molecular weight is 336 g/mol. The van der Waals surface area contributed by atoms with Gasteiger partial charge in [0.25, 0.3) is 0 Å². The topological polar surface area (TPSA) is 79.5 Å². The Morgan fingerprint density at radius 2 is 2.13 bits per heavy atom. The summed E-state index contributed by atoms with van der Waals surface area (Å²) in [7, 11) is -3.58. The molecule has 2 aromatic rings. The first kappa shape index (κ1) is 16.2. The first-order valence-electron chi connectivity index (χ1n) is 7.75. The summed E-state index contributed by atoms with van der Waals surface area (Å²) in [5.41, 5.74) is 0.417. The van der Waals surface area contributed by atoms with Crippen molar-refractivity contribution in [2.24, 2.45) is 0 Å². The lowest BCUT2D eigenvalue weighted by molar-refractivity contribution is 0.0947. The minimum Gasteiger partial charge on any atom is -0.377 e. The van der Waals surface area contributed by atoms with E-state index in [1.54, 1.807) is 18.2 Å². The number of fused-ring (bicyclic) bond motifs is 1. The number of rotatable bonds is 5. The molecular weight excluding hydrogens is 316 g/mol. The molecule has 1 aromatic heterocycles. The van der Waals surface area contributed by atoms with E-state index in [9.17, 15) is 13.2 Å². The quantitative estimate of drug-likeness (QED) is 0.901. The first-order chi connectivity index (χ1) is 11.0. The number of likely N-dealkylation sites (N-methyl/N-ethyl adjacent to an activating group) is 1. The number of pyridine rings is 1. The summed E-state index contributed by atoms with van der Waals surface area (Å²) in [6, 6.07) is 7.78. The van der Waals surface area contributed by atoms with Crippen LogP contribution in [-0.2, 0) is 14.8 Å². The Kier molecular flexibility index (Phi) is 4.52. The number of nitrogens with one attached hydrogen (secondary N) is 1. The largest absolute Gasteiger partial charge is 0.377 e. The van der Waals surface area contributed by atoms with Gasteiger partial charge >= 0.3 is 0 Å². The molecule has 0 bridgehead atoms. The summed E-state index contributed by atoms with van der Waals surface area (Å²) >= 11 is 0. The molecule has 6 nitrogen and oxygen atoms in total. The smallest absolute Gasteiger partial charge is 0.248 e. The zero-order chi connectivity index (χ0) is 16.4. The third-order valence-corrected chi connectivity index (χ3v) is 6.05. The minimum atomic E-state index is -3.58. The SMILES string of the molecule is CCN(C[C@@H]1CCCO1)S(=O)(=O)c1ccc2[nH]c(=O)ccc2c1. The van der Waals surface area contributed by atoms with Gasteiger partial charge in [-0.25, -0.2) is 8.42 Å². The fourth-order valence-electron chi connectivity index (χ4n) is 2.85. The Balaban J connectivity index is 1.93. The molecule has 1 aliphatic rings. The normalized spacial score (nSPS) is 18.8. The Morgan fingerprint density at radius 1 is 1.30 bits per heavy atom. The molecule has 7 heteroatoms. The van der Waals surface area contributed by atoms with Gasteiger partial charge in [0.2, 0.25) is 15.6 Å². The molecule has 1 N–H and O–H groups in total. The summed E-state index contributed by atoms with van der Waals surface area (Å²) in [5, 5.41) is 0.693. The molecule has 0 aliphatic carbocycles. The van der Waals surface area contributed by atoms with Gasteiger partial charge in [0.1, 0.15) is 0 Å². The maximum Gasteiger partial charge on any atom is 0.248 e. The molecule has 1 aromatic carbocycles. The Morgan fingerprint density at radius 3 is 2.83 bits per heavy atom. The number of aromatic amines is 1. The third-order valence-electron chi connectivity index (χ3n) is 4.12. The van der Waals surface area contributed by atoms with E-state index in [0.717, 1.165) is 12.8 Å². The Hall–Kier alpha value is -1.70. The van der Waals surface area contributed by atoms with Crippen molar-refractivity contribution in [2.75, 3.05) is 19.7 Å². The molecule has 1 saturated heterocycles. The van der Waals surface area contributed by atoms with Gasteiger partial charge in [-0.2, -0.15) is 4.31 Å². The Labute approximate surface area is 135 Å². The lowest BCUT2D eigenvalue weighted by atomic mass is 10.2. The molecule has 0 amide bonds. The second-order valence-electron chi connectivity index (χ2n) is 5.66. The van der Waals surface area contributed by atoms with Crippen LogP contribution in [0.2, 0.25) is 0 Å². The van der Waals surface area contributed by atoms with Gasteiger partial charge in [-0.1, -0.05) is 6.92 Å². The first-order valence-corrected chi connectivity index (χ1v) is 9.19. The summed E-state index contributed by atoms with van der Waals surface area (Å²) in [6.07, 6.45) is 1.85. The average Bonchev–Trinajstić information content (AvgIpc) is 3.05. The van der Waals surface area contributed by atoms with Crippen LogP contribution >= 0.6 is 0 Å². The van der Waals surface area contributed by atoms with E-state index in [1.807, 2.05) is 6.92 Å². The van der Waals surface area contributed by atoms with Crippen molar-refractivity contribution in [1.29, 1.82) is 0 Å². The third kappa shape index (κ3) is 3.31. The van der Waals surface area contributed by atoms with Gasteiger partial charge in [0.15, 0.2) is 0 Å². The highest BCUT2D eigenvalue weighted by atomic mass is 32.2. The molecule has 1 atom stereocenters. The monoisotopic (exact) mass is 336 g/mol. The van der Waals surface area contributed by atoms with Gasteiger partial charge in [0, 0.05) is 31.3 Å². The van der Waals surface area contributed by atoms with Crippen LogP contribution in [-0.4, -0.2) is 43.5 Å². The summed E-state index contributed by atoms with van der Waals surface area (Å²) in [4.78, 5) is 14.2. The molecular formula is C16H20N2O4S. The number of aromatic nitrogens is 1. The number of sulfonamides is 1. The highest BCUT2D eigenvalue weighted by Gasteiger charge is 2.28. The standard InChI is InChI=1S/C16H20N2O4S/c1-2-18(11-13-4-3-9-22-13)23(20,21)14-6-7-15-12(10-14)5-8-16(19)17-15/h5-8,10,13H,2-4,9,11H2,1H3,(H,17,19)/t13-/m0/s1. The predicted molar refractivity (Wildman–Crippen MR) is 88.0 cm³/mol. The van der Waals surface area contributed by atoms with Gasteiger partial charge in [-0.15, -0.1) is 0 Å². The second-order valence-corrected chi connectivity index (χ2v) is 7.60. The van der Waals surface area contributed by atoms with Crippen molar-refractivity contribution < 1.29 is 13.2 Å².